The second kappa shape index (κ2) is 4.12. The maximum absolute atomic E-state index is 4.87. The Morgan fingerprint density at radius 1 is 1.17 bits per heavy atom. The van der Waals surface area contributed by atoms with E-state index in [4.69, 9.17) is 4.42 Å². The molecule has 12 heavy (non-hydrogen) atoms. The van der Waals surface area contributed by atoms with Crippen LogP contribution in [0.2, 0.25) is 0 Å². The van der Waals surface area contributed by atoms with E-state index in [1.807, 2.05) is 30.3 Å². The number of aromatic nitrogens is 2. The van der Waals surface area contributed by atoms with Crippen molar-refractivity contribution >= 4 is 0 Å². The fourth-order valence-corrected chi connectivity index (χ4v) is 0.847. The molecule has 56 valence electrons. The molecular formula is C8H5N2OZn-. The van der Waals surface area contributed by atoms with Gasteiger partial charge in [0.25, 0.3) is 0 Å². The second-order valence-corrected chi connectivity index (χ2v) is 2.06. The molecule has 0 saturated heterocycles. The molecule has 1 aromatic heterocycles. The van der Waals surface area contributed by atoms with Gasteiger partial charge in [-0.25, -0.2) is 10.2 Å². The minimum atomic E-state index is 0. The molecule has 0 radical (unpaired) electrons. The van der Waals surface area contributed by atoms with Crippen LogP contribution in [0.1, 0.15) is 0 Å². The third-order valence-corrected chi connectivity index (χ3v) is 1.34. The van der Waals surface area contributed by atoms with Crippen molar-refractivity contribution in [3.63, 3.8) is 0 Å². The van der Waals surface area contributed by atoms with E-state index < -0.39 is 0 Å². The quantitative estimate of drug-likeness (QED) is 0.529. The smallest absolute Gasteiger partial charge is 0.0867 e. The molecule has 0 aliphatic carbocycles. The van der Waals surface area contributed by atoms with E-state index in [-0.39, 0.29) is 19.5 Å². The van der Waals surface area contributed by atoms with Crippen molar-refractivity contribution in [1.29, 1.82) is 0 Å². The van der Waals surface area contributed by atoms with Crippen LogP contribution in [0.4, 0.5) is 0 Å². The minimum absolute atomic E-state index is 0. The van der Waals surface area contributed by atoms with Crippen LogP contribution < -0.4 is 0 Å². The SMILES string of the molecule is [Zn].[c-]1nnc(-c2ccccc2)o1. The molecule has 0 fully saturated rings. The van der Waals surface area contributed by atoms with Crippen molar-refractivity contribution in [3.05, 3.63) is 36.7 Å². The van der Waals surface area contributed by atoms with Crippen LogP contribution in [0.5, 0.6) is 0 Å². The minimum Gasteiger partial charge on any atom is -0.609 e. The Hall–Kier alpha value is -1.02. The van der Waals surface area contributed by atoms with Crippen molar-refractivity contribution in [2.24, 2.45) is 0 Å². The molecule has 2 aromatic rings. The molecule has 0 aliphatic heterocycles. The van der Waals surface area contributed by atoms with Crippen molar-refractivity contribution in [2.75, 3.05) is 0 Å². The topological polar surface area (TPSA) is 38.9 Å². The standard InChI is InChI=1S/C8H5N2O.Zn/c1-2-4-7(5-3-1)8-10-9-6-11-8;/h1-5H;/q-1;. The van der Waals surface area contributed by atoms with Crippen molar-refractivity contribution in [3.8, 4) is 11.5 Å². The van der Waals surface area contributed by atoms with Crippen LogP contribution in [0.25, 0.3) is 11.5 Å². The Kier molecular flexibility index (Phi) is 3.12. The summed E-state index contributed by atoms with van der Waals surface area (Å²) in [6, 6.07) is 9.57. The van der Waals surface area contributed by atoms with Gasteiger partial charge >= 0.3 is 0 Å². The largest absolute Gasteiger partial charge is 0.609 e. The van der Waals surface area contributed by atoms with Gasteiger partial charge in [0.05, 0.1) is 12.3 Å². The van der Waals surface area contributed by atoms with E-state index >= 15 is 0 Å². The van der Waals surface area contributed by atoms with E-state index in [1.165, 1.54) is 0 Å². The second-order valence-electron chi connectivity index (χ2n) is 2.06. The van der Waals surface area contributed by atoms with Crippen molar-refractivity contribution in [1.82, 2.24) is 10.2 Å². The van der Waals surface area contributed by atoms with Gasteiger partial charge in [-0.15, -0.1) is 0 Å². The number of rotatable bonds is 1. The molecule has 0 saturated carbocycles. The van der Waals surface area contributed by atoms with Gasteiger partial charge < -0.3 is 4.42 Å². The molecule has 2 rings (SSSR count). The summed E-state index contributed by atoms with van der Waals surface area (Å²) >= 11 is 0. The van der Waals surface area contributed by atoms with Crippen LogP contribution in [0.3, 0.4) is 0 Å². The van der Waals surface area contributed by atoms with Crippen LogP contribution in [-0.4, -0.2) is 10.2 Å². The van der Waals surface area contributed by atoms with E-state index in [0.29, 0.717) is 5.89 Å². The average molecular weight is 211 g/mol. The molecule has 1 aromatic carbocycles. The molecule has 0 atom stereocenters. The molecule has 0 spiro atoms. The zero-order valence-electron chi connectivity index (χ0n) is 6.40. The zero-order chi connectivity index (χ0) is 7.52. The summed E-state index contributed by atoms with van der Waals surface area (Å²) in [5, 5.41) is 7.17. The Morgan fingerprint density at radius 2 is 1.92 bits per heavy atom. The van der Waals surface area contributed by atoms with E-state index in [1.54, 1.807) is 0 Å². The summed E-state index contributed by atoms with van der Waals surface area (Å²) in [4.78, 5) is 0. The fraction of sp³-hybridized carbons (Fsp3) is 0. The monoisotopic (exact) mass is 209 g/mol. The number of hydrogen-bond acceptors (Lipinski definition) is 3. The Morgan fingerprint density at radius 3 is 2.50 bits per heavy atom. The molecule has 3 nitrogen and oxygen atoms in total. The summed E-state index contributed by atoms with van der Waals surface area (Å²) in [6.07, 6.45) is 2.29. The fourth-order valence-electron chi connectivity index (χ4n) is 0.847. The van der Waals surface area contributed by atoms with Crippen LogP contribution in [0.15, 0.2) is 34.7 Å². The van der Waals surface area contributed by atoms with Gasteiger partial charge in [-0.3, -0.25) is 0 Å². The maximum Gasteiger partial charge on any atom is 0.0867 e. The van der Waals surface area contributed by atoms with Gasteiger partial charge in [-0.1, -0.05) is 30.3 Å². The van der Waals surface area contributed by atoms with E-state index in [9.17, 15) is 0 Å². The molecule has 0 N–H and O–H groups in total. The van der Waals surface area contributed by atoms with Crippen molar-refractivity contribution < 1.29 is 23.9 Å². The molecule has 0 bridgehead atoms. The Balaban J connectivity index is 0.000000720. The first-order valence-electron chi connectivity index (χ1n) is 3.22. The predicted molar refractivity (Wildman–Crippen MR) is 38.6 cm³/mol. The van der Waals surface area contributed by atoms with Gasteiger partial charge in [0.15, 0.2) is 0 Å². The van der Waals surface area contributed by atoms with Gasteiger partial charge in [-0.05, 0) is 5.56 Å². The predicted octanol–water partition coefficient (Wildman–Crippen LogP) is 1.53. The third kappa shape index (κ3) is 1.77. The Labute approximate surface area is 82.6 Å². The summed E-state index contributed by atoms with van der Waals surface area (Å²) in [6.45, 7) is 0. The first-order chi connectivity index (χ1) is 5.47. The van der Waals surface area contributed by atoms with Crippen molar-refractivity contribution in [2.45, 2.75) is 0 Å². The third-order valence-electron chi connectivity index (χ3n) is 1.34. The van der Waals surface area contributed by atoms with Gasteiger partial charge in [0, 0.05) is 19.5 Å². The Bertz CT molecular complexity index is 320. The number of nitrogens with zero attached hydrogens (tertiary/aromatic N) is 2. The first-order valence-corrected chi connectivity index (χ1v) is 3.22. The van der Waals surface area contributed by atoms with Gasteiger partial charge in [0.2, 0.25) is 0 Å². The summed E-state index contributed by atoms with van der Waals surface area (Å²) in [5.41, 5.74) is 0.918. The molecule has 0 unspecified atom stereocenters. The van der Waals surface area contributed by atoms with Crippen LogP contribution in [0, 0.1) is 6.39 Å². The first kappa shape index (κ1) is 9.07. The number of hydrogen-bond donors (Lipinski definition) is 0. The average Bonchev–Trinajstić information content (AvgIpc) is 2.58. The molecule has 0 aliphatic rings. The summed E-state index contributed by atoms with van der Waals surface area (Å²) < 4.78 is 4.87. The van der Waals surface area contributed by atoms with Crippen LogP contribution in [-0.2, 0) is 19.5 Å². The molecule has 4 heteroatoms. The number of benzene rings is 1. The molecular weight excluding hydrogens is 205 g/mol. The molecule has 1 heterocycles. The van der Waals surface area contributed by atoms with Gasteiger partial charge in [-0.2, -0.15) is 0 Å². The maximum atomic E-state index is 4.87. The molecule has 0 amide bonds. The normalized spacial score (nSPS) is 9.00. The van der Waals surface area contributed by atoms with Crippen LogP contribution >= 0.6 is 0 Å². The van der Waals surface area contributed by atoms with E-state index in [2.05, 4.69) is 16.6 Å². The summed E-state index contributed by atoms with van der Waals surface area (Å²) in [7, 11) is 0. The van der Waals surface area contributed by atoms with Gasteiger partial charge in [0.1, 0.15) is 0 Å². The summed E-state index contributed by atoms with van der Waals surface area (Å²) in [5.74, 6) is 0.505. The zero-order valence-corrected chi connectivity index (χ0v) is 9.36. The van der Waals surface area contributed by atoms with E-state index in [0.717, 1.165) is 5.56 Å².